The number of carbonyl (C=O) groups is 1. The van der Waals surface area contributed by atoms with Crippen LogP contribution < -0.4 is 5.32 Å². The second-order valence-corrected chi connectivity index (χ2v) is 4.89. The van der Waals surface area contributed by atoms with E-state index in [9.17, 15) is 4.79 Å². The van der Waals surface area contributed by atoms with Gasteiger partial charge in [0, 0.05) is 18.4 Å². The highest BCUT2D eigenvalue weighted by atomic mass is 16.4. The summed E-state index contributed by atoms with van der Waals surface area (Å²) in [6, 6.07) is 2.10. The number of rotatable bonds is 3. The molecule has 1 aromatic rings. The summed E-state index contributed by atoms with van der Waals surface area (Å²) < 4.78 is 0. The predicted molar refractivity (Wildman–Crippen MR) is 66.2 cm³/mol. The average molecular weight is 234 g/mol. The minimum Gasteiger partial charge on any atom is -0.478 e. The van der Waals surface area contributed by atoms with Gasteiger partial charge in [-0.2, -0.15) is 0 Å². The van der Waals surface area contributed by atoms with Gasteiger partial charge in [0.05, 0.1) is 5.69 Å². The Hall–Kier alpha value is -1.58. The fourth-order valence-corrected chi connectivity index (χ4v) is 2.46. The summed E-state index contributed by atoms with van der Waals surface area (Å²) >= 11 is 0. The van der Waals surface area contributed by atoms with Crippen LogP contribution in [0, 0.1) is 11.8 Å². The van der Waals surface area contributed by atoms with E-state index in [0.29, 0.717) is 23.6 Å². The lowest BCUT2D eigenvalue weighted by Gasteiger charge is -2.21. The molecule has 0 bridgehead atoms. The lowest BCUT2D eigenvalue weighted by Crippen LogP contribution is -2.25. The van der Waals surface area contributed by atoms with Gasteiger partial charge in [-0.1, -0.05) is 13.8 Å². The Labute approximate surface area is 101 Å². The number of pyridine rings is 1. The summed E-state index contributed by atoms with van der Waals surface area (Å²) in [4.78, 5) is 14.9. The fraction of sp³-hybridized carbons (Fsp3) is 0.538. The topological polar surface area (TPSA) is 62.2 Å². The molecule has 1 heterocycles. The van der Waals surface area contributed by atoms with Gasteiger partial charge in [0.25, 0.3) is 0 Å². The third-order valence-electron chi connectivity index (χ3n) is 3.86. The first-order valence-electron chi connectivity index (χ1n) is 6.03. The Bertz CT molecular complexity index is 420. The number of carboxylic acids is 1. The van der Waals surface area contributed by atoms with Gasteiger partial charge in [-0.15, -0.1) is 0 Å². The Morgan fingerprint density at radius 1 is 1.47 bits per heavy atom. The van der Waals surface area contributed by atoms with Crippen molar-refractivity contribution < 1.29 is 9.90 Å². The standard InChI is InChI=1S/C13H18N2O2/c1-8-3-4-11(9(8)2)15-12-5-6-14-7-10(12)13(16)17/h5-9,11H,3-4H2,1-2H3,(H,14,15)(H,16,17). The van der Waals surface area contributed by atoms with Crippen LogP contribution in [0.1, 0.15) is 37.0 Å². The minimum absolute atomic E-state index is 0.249. The normalized spacial score (nSPS) is 28.0. The molecular formula is C13H18N2O2. The fourth-order valence-electron chi connectivity index (χ4n) is 2.46. The molecule has 92 valence electrons. The van der Waals surface area contributed by atoms with Crippen LogP contribution in [0.5, 0.6) is 0 Å². The molecule has 2 rings (SSSR count). The summed E-state index contributed by atoms with van der Waals surface area (Å²) in [5, 5.41) is 12.4. The smallest absolute Gasteiger partial charge is 0.339 e. The van der Waals surface area contributed by atoms with Crippen molar-refractivity contribution in [3.63, 3.8) is 0 Å². The van der Waals surface area contributed by atoms with Gasteiger partial charge in [-0.25, -0.2) is 4.79 Å². The number of carboxylic acid groups (broad SMARTS) is 1. The van der Waals surface area contributed by atoms with Gasteiger partial charge < -0.3 is 10.4 Å². The molecular weight excluding hydrogens is 216 g/mol. The molecule has 4 nitrogen and oxygen atoms in total. The quantitative estimate of drug-likeness (QED) is 0.844. The molecule has 2 N–H and O–H groups in total. The van der Waals surface area contributed by atoms with E-state index in [0.717, 1.165) is 6.42 Å². The number of nitrogens with zero attached hydrogens (tertiary/aromatic N) is 1. The SMILES string of the molecule is CC1CCC(Nc2ccncc2C(=O)O)C1C. The molecule has 4 heteroatoms. The maximum absolute atomic E-state index is 11.1. The van der Waals surface area contributed by atoms with Gasteiger partial charge in [0.15, 0.2) is 0 Å². The van der Waals surface area contributed by atoms with Crippen molar-refractivity contribution in [3.05, 3.63) is 24.0 Å². The number of anilines is 1. The van der Waals surface area contributed by atoms with Gasteiger partial charge in [0.1, 0.15) is 5.56 Å². The number of hydrogen-bond donors (Lipinski definition) is 2. The van der Waals surface area contributed by atoms with Crippen LogP contribution in [0.15, 0.2) is 18.5 Å². The predicted octanol–water partition coefficient (Wildman–Crippen LogP) is 2.63. The van der Waals surface area contributed by atoms with Gasteiger partial charge in [0.2, 0.25) is 0 Å². The number of aromatic nitrogens is 1. The van der Waals surface area contributed by atoms with E-state index in [1.807, 2.05) is 0 Å². The highest BCUT2D eigenvalue weighted by molar-refractivity contribution is 5.93. The molecule has 0 radical (unpaired) electrons. The first-order valence-corrected chi connectivity index (χ1v) is 6.03. The highest BCUT2D eigenvalue weighted by Gasteiger charge is 2.30. The summed E-state index contributed by atoms with van der Waals surface area (Å²) in [6.45, 7) is 4.47. The first kappa shape index (κ1) is 11.9. The van der Waals surface area contributed by atoms with Crippen molar-refractivity contribution in [2.75, 3.05) is 5.32 Å². The van der Waals surface area contributed by atoms with Crippen LogP contribution >= 0.6 is 0 Å². The molecule has 1 aliphatic carbocycles. The Kier molecular flexibility index (Phi) is 3.31. The molecule has 0 aliphatic heterocycles. The minimum atomic E-state index is -0.931. The molecule has 17 heavy (non-hydrogen) atoms. The Morgan fingerprint density at radius 3 is 2.82 bits per heavy atom. The van der Waals surface area contributed by atoms with Gasteiger partial charge in [-0.05, 0) is 30.7 Å². The summed E-state index contributed by atoms with van der Waals surface area (Å²) in [7, 11) is 0. The molecule has 1 aliphatic rings. The van der Waals surface area contributed by atoms with Crippen LogP contribution in [0.3, 0.4) is 0 Å². The average Bonchev–Trinajstić information content (AvgIpc) is 2.61. The maximum Gasteiger partial charge on any atom is 0.339 e. The summed E-state index contributed by atoms with van der Waals surface area (Å²) in [5.74, 6) is 0.340. The van der Waals surface area contributed by atoms with Gasteiger partial charge in [-0.3, -0.25) is 4.98 Å². The van der Waals surface area contributed by atoms with E-state index in [2.05, 4.69) is 24.1 Å². The number of aromatic carboxylic acids is 1. The molecule has 0 spiro atoms. The molecule has 3 unspecified atom stereocenters. The molecule has 0 aromatic carbocycles. The highest BCUT2D eigenvalue weighted by Crippen LogP contribution is 2.33. The van der Waals surface area contributed by atoms with Crippen LogP contribution in [-0.4, -0.2) is 22.1 Å². The van der Waals surface area contributed by atoms with Crippen molar-refractivity contribution in [1.82, 2.24) is 4.98 Å². The van der Waals surface area contributed by atoms with Crippen molar-refractivity contribution in [2.45, 2.75) is 32.7 Å². The van der Waals surface area contributed by atoms with E-state index in [-0.39, 0.29) is 5.56 Å². The summed E-state index contributed by atoms with van der Waals surface area (Å²) in [5.41, 5.74) is 0.928. The lowest BCUT2D eigenvalue weighted by atomic mass is 9.97. The molecule has 3 atom stereocenters. The van der Waals surface area contributed by atoms with E-state index in [1.165, 1.54) is 12.6 Å². The van der Waals surface area contributed by atoms with E-state index in [1.54, 1.807) is 12.3 Å². The molecule has 0 amide bonds. The van der Waals surface area contributed by atoms with Crippen molar-refractivity contribution >= 4 is 11.7 Å². The Morgan fingerprint density at radius 2 is 2.24 bits per heavy atom. The van der Waals surface area contributed by atoms with Crippen LogP contribution in [0.2, 0.25) is 0 Å². The zero-order valence-electron chi connectivity index (χ0n) is 10.2. The molecule has 0 saturated heterocycles. The third-order valence-corrected chi connectivity index (χ3v) is 3.86. The largest absolute Gasteiger partial charge is 0.478 e. The second kappa shape index (κ2) is 4.73. The van der Waals surface area contributed by atoms with E-state index >= 15 is 0 Å². The summed E-state index contributed by atoms with van der Waals surface area (Å²) in [6.07, 6.45) is 5.32. The monoisotopic (exact) mass is 234 g/mol. The van der Waals surface area contributed by atoms with Crippen molar-refractivity contribution in [1.29, 1.82) is 0 Å². The van der Waals surface area contributed by atoms with E-state index in [4.69, 9.17) is 5.11 Å². The number of nitrogens with one attached hydrogen (secondary N) is 1. The van der Waals surface area contributed by atoms with E-state index < -0.39 is 5.97 Å². The van der Waals surface area contributed by atoms with Crippen LogP contribution in [-0.2, 0) is 0 Å². The second-order valence-electron chi connectivity index (χ2n) is 4.89. The van der Waals surface area contributed by atoms with Crippen molar-refractivity contribution in [2.24, 2.45) is 11.8 Å². The zero-order chi connectivity index (χ0) is 12.4. The zero-order valence-corrected chi connectivity index (χ0v) is 10.2. The Balaban J connectivity index is 2.16. The van der Waals surface area contributed by atoms with Crippen LogP contribution in [0.25, 0.3) is 0 Å². The molecule has 1 saturated carbocycles. The maximum atomic E-state index is 11.1. The third kappa shape index (κ3) is 2.40. The van der Waals surface area contributed by atoms with Crippen molar-refractivity contribution in [3.8, 4) is 0 Å². The first-order chi connectivity index (χ1) is 8.09. The molecule has 1 aromatic heterocycles. The van der Waals surface area contributed by atoms with Gasteiger partial charge >= 0.3 is 5.97 Å². The number of hydrogen-bond acceptors (Lipinski definition) is 3. The van der Waals surface area contributed by atoms with Crippen LogP contribution in [0.4, 0.5) is 5.69 Å². The lowest BCUT2D eigenvalue weighted by molar-refractivity contribution is 0.0697. The molecule has 1 fully saturated rings.